The van der Waals surface area contributed by atoms with Gasteiger partial charge in [0.1, 0.15) is 18.7 Å². The van der Waals surface area contributed by atoms with Crippen LogP contribution >= 0.6 is 11.6 Å². The molecule has 2 aliphatic rings. The number of halogens is 1. The first-order valence-corrected chi connectivity index (χ1v) is 10.5. The second-order valence-corrected chi connectivity index (χ2v) is 7.94. The summed E-state index contributed by atoms with van der Waals surface area (Å²) in [4.78, 5) is 17.1. The van der Waals surface area contributed by atoms with E-state index in [-0.39, 0.29) is 17.7 Å². The third-order valence-electron chi connectivity index (χ3n) is 5.72. The average Bonchev–Trinajstić information content (AvgIpc) is 3.25. The second-order valence-electron chi connectivity index (χ2n) is 7.53. The number of ketones is 1. The average molecular weight is 437 g/mol. The van der Waals surface area contributed by atoms with Crippen molar-refractivity contribution >= 4 is 23.3 Å². The number of benzene rings is 2. The van der Waals surface area contributed by atoms with Gasteiger partial charge in [-0.3, -0.25) is 4.79 Å². The number of fused-ring (bicyclic) bond motifs is 2. The molecule has 3 aromatic rings. The highest BCUT2D eigenvalue weighted by molar-refractivity contribution is 6.31. The van der Waals surface area contributed by atoms with Crippen molar-refractivity contribution in [2.45, 2.75) is 25.5 Å². The maximum atomic E-state index is 12.8. The zero-order chi connectivity index (χ0) is 21.4. The zero-order valence-corrected chi connectivity index (χ0v) is 17.7. The lowest BCUT2D eigenvalue weighted by Crippen LogP contribution is -2.38. The first kappa shape index (κ1) is 19.6. The van der Waals surface area contributed by atoms with Gasteiger partial charge in [-0.05, 0) is 30.2 Å². The number of carbonyl (C=O) groups excluding carboxylic acids is 1. The van der Waals surface area contributed by atoms with Gasteiger partial charge in [0, 0.05) is 22.7 Å². The lowest BCUT2D eigenvalue weighted by molar-refractivity contribution is -0.123. The SMILES string of the molecule is COc1cc(C2C3C(=O)CCC=C3Nc3ncnn32)ccc1OCc1ccccc1Cl. The van der Waals surface area contributed by atoms with Crippen LogP contribution in [-0.4, -0.2) is 27.7 Å². The molecule has 0 saturated carbocycles. The minimum atomic E-state index is -0.331. The third kappa shape index (κ3) is 3.55. The van der Waals surface area contributed by atoms with Crippen molar-refractivity contribution < 1.29 is 14.3 Å². The molecule has 0 spiro atoms. The quantitative estimate of drug-likeness (QED) is 0.638. The molecule has 0 fully saturated rings. The molecular weight excluding hydrogens is 416 g/mol. The summed E-state index contributed by atoms with van der Waals surface area (Å²) in [6.45, 7) is 0.323. The minimum Gasteiger partial charge on any atom is -0.493 e. The fourth-order valence-electron chi connectivity index (χ4n) is 4.21. The summed E-state index contributed by atoms with van der Waals surface area (Å²) < 4.78 is 13.4. The molecule has 0 saturated heterocycles. The molecule has 1 aliphatic carbocycles. The molecule has 2 unspecified atom stereocenters. The Hall–Kier alpha value is -3.32. The molecule has 8 heteroatoms. The van der Waals surface area contributed by atoms with E-state index in [1.807, 2.05) is 42.5 Å². The van der Waals surface area contributed by atoms with Crippen molar-refractivity contribution in [3.05, 3.63) is 76.7 Å². The molecule has 31 heavy (non-hydrogen) atoms. The monoisotopic (exact) mass is 436 g/mol. The number of nitrogens with zero attached hydrogens (tertiary/aromatic N) is 3. The van der Waals surface area contributed by atoms with E-state index in [1.165, 1.54) is 6.33 Å². The maximum absolute atomic E-state index is 12.8. The van der Waals surface area contributed by atoms with Gasteiger partial charge in [0.25, 0.3) is 0 Å². The number of ether oxygens (including phenoxy) is 2. The number of aromatic nitrogens is 3. The van der Waals surface area contributed by atoms with E-state index in [4.69, 9.17) is 21.1 Å². The fourth-order valence-corrected chi connectivity index (χ4v) is 4.40. The van der Waals surface area contributed by atoms with Crippen LogP contribution in [0.4, 0.5) is 5.95 Å². The maximum Gasteiger partial charge on any atom is 0.226 e. The van der Waals surface area contributed by atoms with Crippen LogP contribution in [0.3, 0.4) is 0 Å². The Bertz CT molecular complexity index is 1170. The Labute approximate surface area is 184 Å². The summed E-state index contributed by atoms with van der Waals surface area (Å²) in [5, 5.41) is 8.29. The Morgan fingerprint density at radius 1 is 1.23 bits per heavy atom. The van der Waals surface area contributed by atoms with Crippen LogP contribution in [0.15, 0.2) is 60.6 Å². The van der Waals surface area contributed by atoms with Gasteiger partial charge in [-0.15, -0.1) is 0 Å². The number of rotatable bonds is 5. The fraction of sp³-hybridized carbons (Fsp3) is 0.261. The first-order chi connectivity index (χ1) is 15.2. The van der Waals surface area contributed by atoms with Crippen molar-refractivity contribution in [3.63, 3.8) is 0 Å². The first-order valence-electron chi connectivity index (χ1n) is 10.1. The van der Waals surface area contributed by atoms with Gasteiger partial charge in [-0.25, -0.2) is 4.68 Å². The highest BCUT2D eigenvalue weighted by atomic mass is 35.5. The number of anilines is 1. The highest BCUT2D eigenvalue weighted by Crippen LogP contribution is 2.43. The molecule has 0 amide bonds. The van der Waals surface area contributed by atoms with E-state index in [1.54, 1.807) is 11.8 Å². The number of hydrogen-bond acceptors (Lipinski definition) is 6. The van der Waals surface area contributed by atoms with E-state index in [0.29, 0.717) is 35.5 Å². The molecule has 1 aliphatic heterocycles. The normalized spacial score (nSPS) is 19.7. The van der Waals surface area contributed by atoms with Crippen molar-refractivity contribution in [1.29, 1.82) is 0 Å². The standard InChI is InChI=1S/C23H21ClN4O3/c1-30-20-11-14(9-10-19(20)31-12-15-5-2-3-6-16(15)24)22-21-17(7-4-8-18(21)29)27-23-25-13-26-28(22)23/h2-3,5-7,9-11,13,21-22H,4,8,12H2,1H3,(H,25,26,27). The molecule has 7 nitrogen and oxygen atoms in total. The van der Waals surface area contributed by atoms with Crippen LogP contribution in [0.1, 0.15) is 30.0 Å². The lowest BCUT2D eigenvalue weighted by Gasteiger charge is -2.36. The van der Waals surface area contributed by atoms with E-state index < -0.39 is 0 Å². The van der Waals surface area contributed by atoms with Crippen LogP contribution in [0.2, 0.25) is 5.02 Å². The molecule has 2 atom stereocenters. The van der Waals surface area contributed by atoms with Gasteiger partial charge in [0.05, 0.1) is 19.1 Å². The molecule has 158 valence electrons. The number of carbonyl (C=O) groups is 1. The predicted octanol–water partition coefficient (Wildman–Crippen LogP) is 4.40. The van der Waals surface area contributed by atoms with Crippen LogP contribution in [0.5, 0.6) is 11.5 Å². The van der Waals surface area contributed by atoms with Crippen molar-refractivity contribution in [2.24, 2.45) is 5.92 Å². The van der Waals surface area contributed by atoms with Gasteiger partial charge in [-0.2, -0.15) is 10.1 Å². The van der Waals surface area contributed by atoms with Crippen molar-refractivity contribution in [2.75, 3.05) is 12.4 Å². The summed E-state index contributed by atoms with van der Waals surface area (Å²) in [5.41, 5.74) is 2.68. The molecule has 0 bridgehead atoms. The minimum absolute atomic E-state index is 0.189. The Balaban J connectivity index is 1.49. The smallest absolute Gasteiger partial charge is 0.226 e. The van der Waals surface area contributed by atoms with E-state index >= 15 is 0 Å². The van der Waals surface area contributed by atoms with Crippen LogP contribution in [-0.2, 0) is 11.4 Å². The predicted molar refractivity (Wildman–Crippen MR) is 116 cm³/mol. The van der Waals surface area contributed by atoms with E-state index in [9.17, 15) is 4.79 Å². The van der Waals surface area contributed by atoms with Gasteiger partial charge in [0.2, 0.25) is 5.95 Å². The van der Waals surface area contributed by atoms with Crippen molar-refractivity contribution in [1.82, 2.24) is 14.8 Å². The number of Topliss-reactive ketones (excluding diaryl/α,β-unsaturated/α-hetero) is 1. The summed E-state index contributed by atoms with van der Waals surface area (Å²) in [6.07, 6.45) is 4.83. The van der Waals surface area contributed by atoms with Gasteiger partial charge in [-0.1, -0.05) is 41.9 Å². The topological polar surface area (TPSA) is 78.3 Å². The molecule has 0 radical (unpaired) electrons. The summed E-state index contributed by atoms with van der Waals surface area (Å²) in [7, 11) is 1.60. The van der Waals surface area contributed by atoms with Gasteiger partial charge >= 0.3 is 0 Å². The third-order valence-corrected chi connectivity index (χ3v) is 6.08. The number of nitrogens with one attached hydrogen (secondary N) is 1. The largest absolute Gasteiger partial charge is 0.493 e. The van der Waals surface area contributed by atoms with Gasteiger partial charge in [0.15, 0.2) is 11.5 Å². The summed E-state index contributed by atoms with van der Waals surface area (Å²) >= 11 is 6.24. The molecule has 2 heterocycles. The molecule has 2 aromatic carbocycles. The van der Waals surface area contributed by atoms with Gasteiger partial charge < -0.3 is 14.8 Å². The number of allylic oxidation sites excluding steroid dienone is 2. The van der Waals surface area contributed by atoms with Crippen LogP contribution < -0.4 is 14.8 Å². The number of hydrogen-bond donors (Lipinski definition) is 1. The molecule has 1 aromatic heterocycles. The number of methoxy groups -OCH3 is 1. The summed E-state index contributed by atoms with van der Waals surface area (Å²) in [6, 6.07) is 13.0. The van der Waals surface area contributed by atoms with Crippen LogP contribution in [0.25, 0.3) is 0 Å². The van der Waals surface area contributed by atoms with E-state index in [0.717, 1.165) is 23.2 Å². The Morgan fingerprint density at radius 3 is 2.94 bits per heavy atom. The summed E-state index contributed by atoms with van der Waals surface area (Å²) in [5.74, 6) is 1.67. The second kappa shape index (κ2) is 8.07. The Kier molecular flexibility index (Phi) is 5.11. The van der Waals surface area contributed by atoms with E-state index in [2.05, 4.69) is 21.5 Å². The highest BCUT2D eigenvalue weighted by Gasteiger charge is 2.41. The van der Waals surface area contributed by atoms with Crippen LogP contribution in [0, 0.1) is 5.92 Å². The molecule has 1 N–H and O–H groups in total. The molecular formula is C23H21ClN4O3. The zero-order valence-electron chi connectivity index (χ0n) is 16.9. The Morgan fingerprint density at radius 2 is 2.10 bits per heavy atom. The molecule has 5 rings (SSSR count). The van der Waals surface area contributed by atoms with Crippen molar-refractivity contribution in [3.8, 4) is 11.5 Å². The lowest BCUT2D eigenvalue weighted by atomic mass is 9.81.